The normalized spacial score (nSPS) is 10.5. The Morgan fingerprint density at radius 1 is 0.500 bits per heavy atom. The van der Waals surface area contributed by atoms with Crippen molar-refractivity contribution in [3.05, 3.63) is 83.9 Å². The lowest BCUT2D eigenvalue weighted by Gasteiger charge is -2.05. The predicted molar refractivity (Wildman–Crippen MR) is 108 cm³/mol. The predicted octanol–water partition coefficient (Wildman–Crippen LogP) is 6.39. The number of ketones is 2. The van der Waals surface area contributed by atoms with Crippen molar-refractivity contribution in [3.8, 4) is 0 Å². The van der Waals surface area contributed by atoms with E-state index in [1.54, 1.807) is 37.4 Å². The van der Waals surface area contributed by atoms with Crippen molar-refractivity contribution in [1.29, 1.82) is 0 Å². The first-order chi connectivity index (χ1) is 12.5. The first kappa shape index (κ1) is 18.5. The first-order valence-corrected chi connectivity index (χ1v) is 9.82. The van der Waals surface area contributed by atoms with E-state index in [0.717, 1.165) is 30.7 Å². The quantitative estimate of drug-likeness (QED) is 0.465. The van der Waals surface area contributed by atoms with Crippen LogP contribution in [0, 0.1) is 0 Å². The molecule has 0 aliphatic rings. The number of rotatable bonds is 6. The van der Waals surface area contributed by atoms with E-state index in [9.17, 15) is 9.59 Å². The summed E-state index contributed by atoms with van der Waals surface area (Å²) in [6, 6.07) is 23.7. The smallest absolute Gasteiger partial charge is 0.159 e. The standard InChI is InChI=1S/C22H18O2S2/c1-15(23)17-3-7-19(8-4-17)25-21-11-13-22(14-12-21)26-20-9-5-18(6-10-20)16(2)24/h3-14H,1-2H3. The second kappa shape index (κ2) is 8.39. The molecule has 4 heteroatoms. The van der Waals surface area contributed by atoms with Crippen LogP contribution in [0.25, 0.3) is 0 Å². The molecule has 0 N–H and O–H groups in total. The molecule has 3 aromatic carbocycles. The Kier molecular flexibility index (Phi) is 5.96. The van der Waals surface area contributed by atoms with Gasteiger partial charge >= 0.3 is 0 Å². The van der Waals surface area contributed by atoms with Crippen molar-refractivity contribution < 1.29 is 9.59 Å². The van der Waals surface area contributed by atoms with Crippen LogP contribution >= 0.6 is 23.5 Å². The monoisotopic (exact) mass is 378 g/mol. The molecule has 0 aromatic heterocycles. The van der Waals surface area contributed by atoms with Crippen LogP contribution in [0.1, 0.15) is 34.6 Å². The maximum absolute atomic E-state index is 11.3. The lowest BCUT2D eigenvalue weighted by atomic mass is 10.2. The van der Waals surface area contributed by atoms with E-state index < -0.39 is 0 Å². The average Bonchev–Trinajstić information content (AvgIpc) is 2.64. The fourth-order valence-corrected chi connectivity index (χ4v) is 4.00. The van der Waals surface area contributed by atoms with Crippen molar-refractivity contribution in [2.75, 3.05) is 0 Å². The Hall–Kier alpha value is -2.30. The maximum atomic E-state index is 11.3. The van der Waals surface area contributed by atoms with E-state index in [4.69, 9.17) is 0 Å². The van der Waals surface area contributed by atoms with Crippen molar-refractivity contribution in [2.24, 2.45) is 0 Å². The lowest BCUT2D eigenvalue weighted by molar-refractivity contribution is 0.100. The molecule has 26 heavy (non-hydrogen) atoms. The molecule has 0 spiro atoms. The van der Waals surface area contributed by atoms with E-state index in [2.05, 4.69) is 24.3 Å². The minimum Gasteiger partial charge on any atom is -0.295 e. The van der Waals surface area contributed by atoms with Gasteiger partial charge in [0.25, 0.3) is 0 Å². The molecular formula is C22H18O2S2. The Bertz CT molecular complexity index is 833. The van der Waals surface area contributed by atoms with Gasteiger partial charge in [-0.15, -0.1) is 0 Å². The second-order valence-electron chi connectivity index (χ2n) is 5.84. The molecule has 3 rings (SSSR count). The minimum atomic E-state index is 0.0827. The van der Waals surface area contributed by atoms with E-state index in [-0.39, 0.29) is 11.6 Å². The summed E-state index contributed by atoms with van der Waals surface area (Å²) >= 11 is 3.34. The molecule has 0 radical (unpaired) electrons. The SMILES string of the molecule is CC(=O)c1ccc(Sc2ccc(Sc3ccc(C(C)=O)cc3)cc2)cc1. The first-order valence-electron chi connectivity index (χ1n) is 8.19. The zero-order valence-electron chi connectivity index (χ0n) is 14.6. The average molecular weight is 379 g/mol. The van der Waals surface area contributed by atoms with E-state index >= 15 is 0 Å². The highest BCUT2D eigenvalue weighted by molar-refractivity contribution is 7.99. The van der Waals surface area contributed by atoms with Gasteiger partial charge < -0.3 is 0 Å². The number of benzene rings is 3. The Balaban J connectivity index is 1.64. The summed E-state index contributed by atoms with van der Waals surface area (Å²) in [5.74, 6) is 0.165. The van der Waals surface area contributed by atoms with Gasteiger partial charge in [-0.1, -0.05) is 47.8 Å². The Morgan fingerprint density at radius 3 is 0.962 bits per heavy atom. The van der Waals surface area contributed by atoms with Crippen molar-refractivity contribution in [1.82, 2.24) is 0 Å². The number of hydrogen-bond acceptors (Lipinski definition) is 4. The number of Topliss-reactive ketones (excluding diaryl/α,β-unsaturated/α-hetero) is 2. The molecule has 0 saturated carbocycles. The molecule has 0 heterocycles. The highest BCUT2D eigenvalue weighted by atomic mass is 32.2. The maximum Gasteiger partial charge on any atom is 0.159 e. The second-order valence-corrected chi connectivity index (χ2v) is 8.13. The van der Waals surface area contributed by atoms with Crippen molar-refractivity contribution in [3.63, 3.8) is 0 Å². The Labute approximate surface area is 162 Å². The molecule has 0 saturated heterocycles. The van der Waals surface area contributed by atoms with Gasteiger partial charge in [0.2, 0.25) is 0 Å². The molecule has 130 valence electrons. The summed E-state index contributed by atoms with van der Waals surface area (Å²) in [5.41, 5.74) is 1.47. The largest absolute Gasteiger partial charge is 0.295 e. The van der Waals surface area contributed by atoms with Gasteiger partial charge in [-0.3, -0.25) is 9.59 Å². The van der Waals surface area contributed by atoms with Crippen LogP contribution in [0.5, 0.6) is 0 Å². The van der Waals surface area contributed by atoms with Crippen LogP contribution in [0.3, 0.4) is 0 Å². The van der Waals surface area contributed by atoms with Gasteiger partial charge in [-0.2, -0.15) is 0 Å². The molecule has 0 aliphatic carbocycles. The fourth-order valence-electron chi connectivity index (χ4n) is 2.36. The third kappa shape index (κ3) is 4.87. The van der Waals surface area contributed by atoms with Crippen LogP contribution in [-0.4, -0.2) is 11.6 Å². The topological polar surface area (TPSA) is 34.1 Å². The molecule has 0 aliphatic heterocycles. The Morgan fingerprint density at radius 2 is 0.731 bits per heavy atom. The highest BCUT2D eigenvalue weighted by Gasteiger charge is 2.03. The van der Waals surface area contributed by atoms with Crippen LogP contribution in [0.2, 0.25) is 0 Å². The molecule has 0 atom stereocenters. The van der Waals surface area contributed by atoms with Crippen LogP contribution < -0.4 is 0 Å². The van der Waals surface area contributed by atoms with Crippen LogP contribution in [0.15, 0.2) is 92.4 Å². The van der Waals surface area contributed by atoms with Gasteiger partial charge in [0.05, 0.1) is 0 Å². The molecule has 0 bridgehead atoms. The van der Waals surface area contributed by atoms with Gasteiger partial charge in [0.1, 0.15) is 0 Å². The lowest BCUT2D eigenvalue weighted by Crippen LogP contribution is -1.90. The number of hydrogen-bond donors (Lipinski definition) is 0. The van der Waals surface area contributed by atoms with E-state index in [1.807, 2.05) is 48.5 Å². The van der Waals surface area contributed by atoms with Crippen LogP contribution in [-0.2, 0) is 0 Å². The summed E-state index contributed by atoms with van der Waals surface area (Å²) in [5, 5.41) is 0. The molecule has 2 nitrogen and oxygen atoms in total. The summed E-state index contributed by atoms with van der Waals surface area (Å²) in [4.78, 5) is 27.2. The molecule has 3 aromatic rings. The van der Waals surface area contributed by atoms with Gasteiger partial charge in [-0.25, -0.2) is 0 Å². The zero-order chi connectivity index (χ0) is 18.5. The third-order valence-corrected chi connectivity index (χ3v) is 5.85. The summed E-state index contributed by atoms with van der Waals surface area (Å²) in [6.45, 7) is 3.15. The summed E-state index contributed by atoms with van der Waals surface area (Å²) < 4.78 is 0. The molecule has 0 amide bonds. The van der Waals surface area contributed by atoms with Gasteiger partial charge in [0, 0.05) is 30.7 Å². The number of carbonyl (C=O) groups excluding carboxylic acids is 2. The van der Waals surface area contributed by atoms with Crippen LogP contribution in [0.4, 0.5) is 0 Å². The molecule has 0 unspecified atom stereocenters. The van der Waals surface area contributed by atoms with Crippen molar-refractivity contribution >= 4 is 35.1 Å². The molecular weight excluding hydrogens is 360 g/mol. The fraction of sp³-hybridized carbons (Fsp3) is 0.0909. The third-order valence-electron chi connectivity index (χ3n) is 3.82. The van der Waals surface area contributed by atoms with Gasteiger partial charge in [-0.05, 0) is 62.4 Å². The minimum absolute atomic E-state index is 0.0827. The van der Waals surface area contributed by atoms with E-state index in [1.165, 1.54) is 0 Å². The molecule has 0 fully saturated rings. The summed E-state index contributed by atoms with van der Waals surface area (Å²) in [7, 11) is 0. The van der Waals surface area contributed by atoms with Gasteiger partial charge in [0.15, 0.2) is 11.6 Å². The highest BCUT2D eigenvalue weighted by Crippen LogP contribution is 2.32. The summed E-state index contributed by atoms with van der Waals surface area (Å²) in [6.07, 6.45) is 0. The number of carbonyl (C=O) groups is 2. The zero-order valence-corrected chi connectivity index (χ0v) is 16.2. The van der Waals surface area contributed by atoms with E-state index in [0.29, 0.717) is 0 Å². The van der Waals surface area contributed by atoms with Crippen molar-refractivity contribution in [2.45, 2.75) is 33.4 Å².